The summed E-state index contributed by atoms with van der Waals surface area (Å²) in [4.78, 5) is 14.3. The van der Waals surface area contributed by atoms with Gasteiger partial charge in [-0.05, 0) is 68.0 Å². The molecule has 0 spiro atoms. The van der Waals surface area contributed by atoms with Gasteiger partial charge in [0.2, 0.25) is 4.77 Å². The first kappa shape index (κ1) is 23.2. The maximum Gasteiger partial charge on any atom is 0.453 e. The van der Waals surface area contributed by atoms with E-state index in [-0.39, 0.29) is 23.3 Å². The van der Waals surface area contributed by atoms with E-state index in [1.54, 1.807) is 29.2 Å². The van der Waals surface area contributed by atoms with Crippen molar-refractivity contribution in [1.82, 2.24) is 14.9 Å². The van der Waals surface area contributed by atoms with Crippen LogP contribution < -0.4 is 9.64 Å². The number of hydrogen-bond donors (Lipinski definition) is 1. The highest BCUT2D eigenvalue weighted by atomic mass is 32.1. The van der Waals surface area contributed by atoms with Gasteiger partial charge in [0.05, 0.1) is 6.21 Å². The molecule has 0 bridgehead atoms. The number of rotatable bonds is 7. The molecular formula is C21H20F3N5O2S. The lowest BCUT2D eigenvalue weighted by Crippen LogP contribution is -2.40. The number of nitrogens with one attached hydrogen (secondary N) is 1. The Hall–Kier alpha value is -3.47. The molecule has 0 unspecified atom stereocenters. The number of anilines is 1. The van der Waals surface area contributed by atoms with Crippen LogP contribution in [0.25, 0.3) is 0 Å². The zero-order chi connectivity index (χ0) is 23.3. The van der Waals surface area contributed by atoms with Gasteiger partial charge in [-0.15, -0.1) is 5.10 Å². The van der Waals surface area contributed by atoms with E-state index in [1.807, 2.05) is 44.2 Å². The highest BCUT2D eigenvalue weighted by Crippen LogP contribution is 2.27. The van der Waals surface area contributed by atoms with Crippen LogP contribution >= 0.6 is 12.2 Å². The first-order chi connectivity index (χ1) is 15.2. The van der Waals surface area contributed by atoms with Gasteiger partial charge in [-0.2, -0.15) is 22.9 Å². The second kappa shape index (κ2) is 9.77. The summed E-state index contributed by atoms with van der Waals surface area (Å²) in [6.45, 7) is 3.66. The molecule has 0 radical (unpaired) electrons. The Kier molecular flexibility index (Phi) is 7.08. The van der Waals surface area contributed by atoms with Gasteiger partial charge < -0.3 is 9.64 Å². The minimum Gasteiger partial charge on any atom is -0.484 e. The van der Waals surface area contributed by atoms with Crippen molar-refractivity contribution in [3.05, 3.63) is 70.8 Å². The van der Waals surface area contributed by atoms with Gasteiger partial charge in [-0.3, -0.25) is 4.79 Å². The number of alkyl halides is 3. The lowest BCUT2D eigenvalue weighted by molar-refractivity contribution is -0.147. The Morgan fingerprint density at radius 3 is 2.47 bits per heavy atom. The second-order valence-corrected chi connectivity index (χ2v) is 7.34. The average Bonchev–Trinajstić information content (AvgIpc) is 3.13. The first-order valence-corrected chi connectivity index (χ1v) is 9.96. The maximum absolute atomic E-state index is 12.9. The summed E-state index contributed by atoms with van der Waals surface area (Å²) in [5.41, 5.74) is 1.28. The van der Waals surface area contributed by atoms with E-state index in [0.717, 1.165) is 5.69 Å². The Bertz CT molecular complexity index is 1140. The smallest absolute Gasteiger partial charge is 0.453 e. The molecule has 1 aromatic heterocycles. The fraction of sp³-hybridized carbons (Fsp3) is 0.238. The summed E-state index contributed by atoms with van der Waals surface area (Å²) >= 11 is 4.79. The standard InChI is InChI=1S/C21H20F3N5O2S/c1-14(2)28(16-6-4-3-5-7-16)18(30)13-31-17-10-8-15(9-11-17)12-25-29-19(21(22,23)24)26-27-20(29)32/h3-12,14H,13H2,1-2H3,(H,27,32)/b25-12-. The van der Waals surface area contributed by atoms with Crippen molar-refractivity contribution in [2.45, 2.75) is 26.1 Å². The van der Waals surface area contributed by atoms with Crippen LogP contribution in [0.5, 0.6) is 5.75 Å². The molecule has 11 heteroatoms. The summed E-state index contributed by atoms with van der Waals surface area (Å²) < 4.78 is 44.6. The molecule has 7 nitrogen and oxygen atoms in total. The molecule has 1 amide bonds. The van der Waals surface area contributed by atoms with Gasteiger partial charge in [0.15, 0.2) is 6.61 Å². The lowest BCUT2D eigenvalue weighted by atomic mass is 10.2. The predicted octanol–water partition coefficient (Wildman–Crippen LogP) is 4.66. The van der Waals surface area contributed by atoms with Crippen LogP contribution in [0.2, 0.25) is 0 Å². The number of ether oxygens (including phenoxy) is 1. The third kappa shape index (κ3) is 5.61. The number of amides is 1. The van der Waals surface area contributed by atoms with Crippen molar-refractivity contribution in [2.24, 2.45) is 5.10 Å². The third-order valence-corrected chi connectivity index (χ3v) is 4.55. The zero-order valence-corrected chi connectivity index (χ0v) is 18.0. The monoisotopic (exact) mass is 463 g/mol. The number of aromatic amines is 1. The van der Waals surface area contributed by atoms with Crippen molar-refractivity contribution in [1.29, 1.82) is 0 Å². The van der Waals surface area contributed by atoms with Crippen molar-refractivity contribution >= 4 is 30.0 Å². The number of para-hydroxylation sites is 1. The molecule has 1 heterocycles. The van der Waals surface area contributed by atoms with Gasteiger partial charge in [0.1, 0.15) is 5.75 Å². The minimum atomic E-state index is -4.70. The summed E-state index contributed by atoms with van der Waals surface area (Å²) in [5, 5.41) is 8.98. The topological polar surface area (TPSA) is 75.5 Å². The van der Waals surface area contributed by atoms with Gasteiger partial charge in [0, 0.05) is 11.7 Å². The Balaban J connectivity index is 1.65. The van der Waals surface area contributed by atoms with Gasteiger partial charge in [-0.1, -0.05) is 18.2 Å². The van der Waals surface area contributed by atoms with Crippen LogP contribution in [-0.2, 0) is 11.0 Å². The number of hydrogen-bond acceptors (Lipinski definition) is 5. The van der Waals surface area contributed by atoms with E-state index in [1.165, 1.54) is 6.21 Å². The van der Waals surface area contributed by atoms with Crippen molar-refractivity contribution < 1.29 is 22.7 Å². The van der Waals surface area contributed by atoms with E-state index < -0.39 is 12.0 Å². The number of carbonyl (C=O) groups excluding carboxylic acids is 1. The number of halogens is 3. The molecule has 0 aliphatic rings. The van der Waals surface area contributed by atoms with Gasteiger partial charge in [-0.25, -0.2) is 5.10 Å². The van der Waals surface area contributed by atoms with E-state index in [0.29, 0.717) is 16.0 Å². The Morgan fingerprint density at radius 2 is 1.88 bits per heavy atom. The predicted molar refractivity (Wildman–Crippen MR) is 116 cm³/mol. The molecule has 1 N–H and O–H groups in total. The van der Waals surface area contributed by atoms with E-state index >= 15 is 0 Å². The van der Waals surface area contributed by atoms with Crippen molar-refractivity contribution in [3.8, 4) is 5.75 Å². The van der Waals surface area contributed by atoms with Crippen LogP contribution in [-0.4, -0.2) is 39.6 Å². The summed E-state index contributed by atoms with van der Waals surface area (Å²) in [6, 6.07) is 15.6. The molecule has 0 fully saturated rings. The highest BCUT2D eigenvalue weighted by Gasteiger charge is 2.37. The number of aromatic nitrogens is 3. The van der Waals surface area contributed by atoms with Crippen molar-refractivity contribution in [3.63, 3.8) is 0 Å². The van der Waals surface area contributed by atoms with Crippen molar-refractivity contribution in [2.75, 3.05) is 11.5 Å². The Labute approximate surface area is 187 Å². The van der Waals surface area contributed by atoms with Crippen LogP contribution in [0.15, 0.2) is 59.7 Å². The van der Waals surface area contributed by atoms with Crippen LogP contribution in [0.4, 0.5) is 18.9 Å². The number of nitrogens with zero attached hydrogens (tertiary/aromatic N) is 4. The molecule has 32 heavy (non-hydrogen) atoms. The average molecular weight is 463 g/mol. The van der Waals surface area contributed by atoms with Gasteiger partial charge in [0.25, 0.3) is 11.7 Å². The maximum atomic E-state index is 12.9. The fourth-order valence-corrected chi connectivity index (χ4v) is 3.07. The quantitative estimate of drug-likeness (QED) is 0.408. The van der Waals surface area contributed by atoms with E-state index in [9.17, 15) is 18.0 Å². The summed E-state index contributed by atoms with van der Waals surface area (Å²) in [7, 11) is 0. The zero-order valence-electron chi connectivity index (χ0n) is 17.2. The molecule has 0 aliphatic heterocycles. The molecule has 3 aromatic rings. The van der Waals surface area contributed by atoms with Crippen LogP contribution in [0, 0.1) is 4.77 Å². The second-order valence-electron chi connectivity index (χ2n) is 6.96. The first-order valence-electron chi connectivity index (χ1n) is 9.56. The summed E-state index contributed by atoms with van der Waals surface area (Å²) in [5.74, 6) is -1.01. The third-order valence-electron chi connectivity index (χ3n) is 4.29. The highest BCUT2D eigenvalue weighted by molar-refractivity contribution is 7.71. The molecule has 3 rings (SSSR count). The SMILES string of the molecule is CC(C)N(C(=O)COc1ccc(/C=N\n2c(C(F)(F)F)n[nH]c2=S)cc1)c1ccccc1. The normalized spacial score (nSPS) is 11.8. The fourth-order valence-electron chi connectivity index (χ4n) is 2.89. The molecular weight excluding hydrogens is 443 g/mol. The molecule has 0 aliphatic carbocycles. The summed E-state index contributed by atoms with van der Waals surface area (Å²) in [6.07, 6.45) is -3.48. The van der Waals surface area contributed by atoms with E-state index in [2.05, 4.69) is 15.3 Å². The number of H-pyrrole nitrogens is 1. The molecule has 0 saturated carbocycles. The Morgan fingerprint density at radius 1 is 1.22 bits per heavy atom. The van der Waals surface area contributed by atoms with E-state index in [4.69, 9.17) is 17.0 Å². The van der Waals surface area contributed by atoms with Crippen LogP contribution in [0.3, 0.4) is 0 Å². The van der Waals surface area contributed by atoms with Crippen LogP contribution in [0.1, 0.15) is 25.2 Å². The number of benzene rings is 2. The molecule has 168 valence electrons. The largest absolute Gasteiger partial charge is 0.484 e. The number of carbonyl (C=O) groups is 1. The molecule has 0 saturated heterocycles. The molecule has 2 aromatic carbocycles. The van der Waals surface area contributed by atoms with Gasteiger partial charge >= 0.3 is 6.18 Å². The lowest BCUT2D eigenvalue weighted by Gasteiger charge is -2.26. The molecule has 0 atom stereocenters. The minimum absolute atomic E-state index is 0.0524.